The second kappa shape index (κ2) is 13.3. The minimum absolute atomic E-state index is 0.0704. The molecule has 0 bridgehead atoms. The molecule has 1 atom stereocenters. The van der Waals surface area contributed by atoms with Gasteiger partial charge in [0.2, 0.25) is 5.91 Å². The van der Waals surface area contributed by atoms with E-state index in [0.29, 0.717) is 23.5 Å². The zero-order chi connectivity index (χ0) is 29.9. The number of aryl methyl sites for hydroxylation is 2. The summed E-state index contributed by atoms with van der Waals surface area (Å²) in [7, 11) is 1.83. The summed E-state index contributed by atoms with van der Waals surface area (Å²) in [6, 6.07) is 0. The number of methoxy groups -OCH3 is 1. The van der Waals surface area contributed by atoms with Gasteiger partial charge in [0, 0.05) is 44.7 Å². The molecule has 1 spiro atoms. The lowest BCUT2D eigenvalue weighted by Crippen LogP contribution is -2.60. The lowest BCUT2D eigenvalue weighted by atomic mass is 9.62. The van der Waals surface area contributed by atoms with E-state index < -0.39 is 0 Å². The fourth-order valence-electron chi connectivity index (χ4n) is 8.66. The number of hydrogen-bond donors (Lipinski definition) is 0. The van der Waals surface area contributed by atoms with Crippen molar-refractivity contribution in [1.29, 1.82) is 0 Å². The molecule has 0 aromatic carbocycles. The number of rotatable bonds is 8. The molecular formula is C34H55N5O3. The van der Waals surface area contributed by atoms with Crippen molar-refractivity contribution < 1.29 is 14.3 Å². The molecule has 4 heterocycles. The molecule has 2 amide bonds. The van der Waals surface area contributed by atoms with E-state index in [2.05, 4.69) is 33.6 Å². The molecule has 4 fully saturated rings. The summed E-state index contributed by atoms with van der Waals surface area (Å²) in [5.74, 6) is 1.32. The quantitative estimate of drug-likeness (QED) is 0.408. The highest BCUT2D eigenvalue weighted by Crippen LogP contribution is 2.49. The maximum absolute atomic E-state index is 14.1. The Morgan fingerprint density at radius 3 is 2.17 bits per heavy atom. The van der Waals surface area contributed by atoms with Crippen molar-refractivity contribution in [2.45, 2.75) is 116 Å². The molecule has 0 radical (unpaired) electrons. The first-order chi connectivity index (χ1) is 20.2. The van der Waals surface area contributed by atoms with Crippen molar-refractivity contribution in [3.05, 3.63) is 23.3 Å². The van der Waals surface area contributed by atoms with Crippen LogP contribution in [0.2, 0.25) is 0 Å². The number of unbranched alkanes of at least 4 members (excludes halogenated alkanes) is 1. The third-order valence-corrected chi connectivity index (χ3v) is 11.8. The molecule has 5 rings (SSSR count). The van der Waals surface area contributed by atoms with Crippen LogP contribution < -0.4 is 0 Å². The predicted octanol–water partition coefficient (Wildman–Crippen LogP) is 5.41. The number of aromatic nitrogens is 2. The minimum atomic E-state index is 0.0704. The minimum Gasteiger partial charge on any atom is -0.381 e. The van der Waals surface area contributed by atoms with Gasteiger partial charge in [0.05, 0.1) is 23.1 Å². The van der Waals surface area contributed by atoms with Crippen molar-refractivity contribution in [2.75, 3.05) is 46.4 Å². The van der Waals surface area contributed by atoms with Crippen molar-refractivity contribution in [1.82, 2.24) is 24.7 Å². The number of ether oxygens (including phenoxy) is 1. The smallest absolute Gasteiger partial charge is 0.257 e. The Labute approximate surface area is 254 Å². The van der Waals surface area contributed by atoms with E-state index in [1.807, 2.05) is 25.9 Å². The first-order valence-electron chi connectivity index (χ1n) is 16.8. The van der Waals surface area contributed by atoms with Crippen molar-refractivity contribution in [2.24, 2.45) is 17.3 Å². The highest BCUT2D eigenvalue weighted by molar-refractivity contribution is 5.96. The molecule has 1 aromatic heterocycles. The van der Waals surface area contributed by atoms with Crippen LogP contribution in [0.15, 0.2) is 6.33 Å². The van der Waals surface area contributed by atoms with Crippen LogP contribution in [0, 0.1) is 31.1 Å². The predicted molar refractivity (Wildman–Crippen MR) is 165 cm³/mol. The van der Waals surface area contributed by atoms with Gasteiger partial charge in [-0.05, 0) is 109 Å². The number of likely N-dealkylation sites (tertiary alicyclic amines) is 3. The molecule has 234 valence electrons. The Morgan fingerprint density at radius 2 is 1.57 bits per heavy atom. The monoisotopic (exact) mass is 581 g/mol. The highest BCUT2D eigenvalue weighted by Gasteiger charge is 2.51. The van der Waals surface area contributed by atoms with Crippen molar-refractivity contribution >= 4 is 11.8 Å². The Bertz CT molecular complexity index is 1060. The molecule has 4 aliphatic rings. The maximum Gasteiger partial charge on any atom is 0.257 e. The molecule has 8 nitrogen and oxygen atoms in total. The lowest BCUT2D eigenvalue weighted by molar-refractivity contribution is -0.152. The van der Waals surface area contributed by atoms with Crippen LogP contribution in [0.5, 0.6) is 0 Å². The van der Waals surface area contributed by atoms with Gasteiger partial charge in [-0.25, -0.2) is 9.97 Å². The zero-order valence-electron chi connectivity index (χ0n) is 27.0. The Balaban J connectivity index is 1.18. The normalized spacial score (nSPS) is 28.3. The van der Waals surface area contributed by atoms with Gasteiger partial charge in [-0.1, -0.05) is 19.8 Å². The van der Waals surface area contributed by atoms with Crippen molar-refractivity contribution in [3.8, 4) is 0 Å². The Hall–Kier alpha value is -2.06. The van der Waals surface area contributed by atoms with E-state index >= 15 is 0 Å². The van der Waals surface area contributed by atoms with E-state index in [4.69, 9.17) is 4.74 Å². The van der Waals surface area contributed by atoms with Gasteiger partial charge in [0.1, 0.15) is 6.33 Å². The van der Waals surface area contributed by atoms with Crippen LogP contribution >= 0.6 is 0 Å². The summed E-state index contributed by atoms with van der Waals surface area (Å²) in [5.41, 5.74) is 2.44. The molecule has 1 saturated carbocycles. The molecular weight excluding hydrogens is 526 g/mol. The molecule has 1 aliphatic carbocycles. The van der Waals surface area contributed by atoms with E-state index in [9.17, 15) is 9.59 Å². The first kappa shape index (κ1) is 31.4. The van der Waals surface area contributed by atoms with E-state index in [1.54, 1.807) is 0 Å². The standard InChI is InChI=1S/C34H55N5O3/c1-6-7-8-29-31(40)38(23-27-9-11-28(42-5)12-10-27)20-15-34(29)16-21-39(22-17-34)33(4)13-18-37(19-14-33)32(41)30-25(2)35-24-36-26(30)3/h24,27-29H,6-23H2,1-5H3. The highest BCUT2D eigenvalue weighted by atomic mass is 16.5. The van der Waals surface area contributed by atoms with E-state index in [1.165, 1.54) is 19.2 Å². The maximum atomic E-state index is 14.1. The topological polar surface area (TPSA) is 78.9 Å². The number of amides is 2. The van der Waals surface area contributed by atoms with E-state index in [-0.39, 0.29) is 22.8 Å². The summed E-state index contributed by atoms with van der Waals surface area (Å²) in [6.45, 7) is 14.0. The third-order valence-electron chi connectivity index (χ3n) is 11.8. The molecule has 42 heavy (non-hydrogen) atoms. The second-order valence-electron chi connectivity index (χ2n) is 14.2. The number of nitrogens with zero attached hydrogens (tertiary/aromatic N) is 5. The summed E-state index contributed by atoms with van der Waals surface area (Å²) in [6.07, 6.45) is 15.3. The summed E-state index contributed by atoms with van der Waals surface area (Å²) in [4.78, 5) is 42.9. The van der Waals surface area contributed by atoms with Crippen LogP contribution in [0.1, 0.15) is 113 Å². The fourth-order valence-corrected chi connectivity index (χ4v) is 8.66. The van der Waals surface area contributed by atoms with Gasteiger partial charge in [0.25, 0.3) is 5.91 Å². The SMILES string of the molecule is CCCCC1C(=O)N(CC2CCC(OC)CC2)CCC12CCN(C1(C)CCN(C(=O)c3c(C)ncnc3C)CC1)CC2. The number of piperidine rings is 3. The van der Waals surface area contributed by atoms with Gasteiger partial charge in [-0.15, -0.1) is 0 Å². The molecule has 1 unspecified atom stereocenters. The first-order valence-corrected chi connectivity index (χ1v) is 16.8. The average molecular weight is 582 g/mol. The van der Waals surface area contributed by atoms with Crippen molar-refractivity contribution in [3.63, 3.8) is 0 Å². The van der Waals surface area contributed by atoms with Gasteiger partial charge < -0.3 is 14.5 Å². The Kier molecular flexibility index (Phi) is 9.93. The van der Waals surface area contributed by atoms with Gasteiger partial charge in [-0.3, -0.25) is 14.5 Å². The van der Waals surface area contributed by atoms with E-state index in [0.717, 1.165) is 115 Å². The molecule has 1 aromatic rings. The van der Waals surface area contributed by atoms with Crippen LogP contribution in [0.25, 0.3) is 0 Å². The van der Waals surface area contributed by atoms with Gasteiger partial charge in [0.15, 0.2) is 0 Å². The van der Waals surface area contributed by atoms with Gasteiger partial charge >= 0.3 is 0 Å². The largest absolute Gasteiger partial charge is 0.381 e. The Morgan fingerprint density at radius 1 is 0.952 bits per heavy atom. The van der Waals surface area contributed by atoms with Gasteiger partial charge in [-0.2, -0.15) is 0 Å². The average Bonchev–Trinajstić information content (AvgIpc) is 2.99. The van der Waals surface area contributed by atoms with Crippen LogP contribution in [0.3, 0.4) is 0 Å². The zero-order valence-corrected chi connectivity index (χ0v) is 27.0. The summed E-state index contributed by atoms with van der Waals surface area (Å²) in [5, 5.41) is 0. The van der Waals surface area contributed by atoms with Crippen LogP contribution in [-0.2, 0) is 9.53 Å². The molecule has 3 aliphatic heterocycles. The fraction of sp³-hybridized carbons (Fsp3) is 0.824. The summed E-state index contributed by atoms with van der Waals surface area (Å²) < 4.78 is 5.58. The molecule has 3 saturated heterocycles. The van der Waals surface area contributed by atoms with Crippen LogP contribution in [-0.4, -0.2) is 94.5 Å². The third kappa shape index (κ3) is 6.40. The van der Waals surface area contributed by atoms with Crippen LogP contribution in [0.4, 0.5) is 0 Å². The lowest BCUT2D eigenvalue weighted by Gasteiger charge is -2.55. The number of hydrogen-bond acceptors (Lipinski definition) is 6. The summed E-state index contributed by atoms with van der Waals surface area (Å²) >= 11 is 0. The second-order valence-corrected chi connectivity index (χ2v) is 14.2. The molecule has 0 N–H and O–H groups in total. The number of carbonyl (C=O) groups excluding carboxylic acids is 2. The molecule has 8 heteroatoms. The number of carbonyl (C=O) groups is 2.